The van der Waals surface area contributed by atoms with Crippen molar-refractivity contribution >= 4 is 11.6 Å². The summed E-state index contributed by atoms with van der Waals surface area (Å²) < 4.78 is 0. The first-order chi connectivity index (χ1) is 13.9. The molecule has 4 heteroatoms. The van der Waals surface area contributed by atoms with E-state index in [1.807, 2.05) is 0 Å². The Morgan fingerprint density at radius 1 is 1.07 bits per heavy atom. The van der Waals surface area contributed by atoms with E-state index in [1.165, 1.54) is 5.57 Å². The fraction of sp³-hybridized carbons (Fsp3) is 0.840. The Bertz CT molecular complexity index is 740. The Hall–Kier alpha value is -1.00. The number of ketones is 2. The van der Waals surface area contributed by atoms with Gasteiger partial charge in [-0.05, 0) is 87.1 Å². The summed E-state index contributed by atoms with van der Waals surface area (Å²) in [4.78, 5) is 26.4. The van der Waals surface area contributed by atoms with Gasteiger partial charge in [-0.15, -0.1) is 0 Å². The molecule has 1 aliphatic heterocycles. The van der Waals surface area contributed by atoms with Gasteiger partial charge in [-0.3, -0.25) is 9.59 Å². The topological polar surface area (TPSA) is 66.4 Å². The van der Waals surface area contributed by atoms with Crippen LogP contribution in [-0.2, 0) is 9.59 Å². The molecule has 0 aromatic heterocycles. The fourth-order valence-electron chi connectivity index (χ4n) is 8.04. The number of fused-ring (bicyclic) bond motifs is 5. The molecule has 7 atom stereocenters. The standard InChI is InChI=1S/C25H37NO3/c1-24-9-7-15(3-4-16-12-26-13-16)11-20(24)17(14-27)23(29)22-18-5-6-21(28)25(18,2)10-8-19(22)24/h3,16-20,22,26-27H,4-14H2,1-2H3/b15-3+/t17?,18?,19?,20?,22?,24-,25+/m1/s1. The second kappa shape index (κ2) is 7.02. The van der Waals surface area contributed by atoms with Crippen LogP contribution in [0, 0.1) is 46.3 Å². The Morgan fingerprint density at radius 2 is 1.86 bits per heavy atom. The van der Waals surface area contributed by atoms with Gasteiger partial charge in [0.2, 0.25) is 0 Å². The van der Waals surface area contributed by atoms with Crippen molar-refractivity contribution in [3.05, 3.63) is 11.6 Å². The van der Waals surface area contributed by atoms with Gasteiger partial charge in [0.25, 0.3) is 0 Å². The third-order valence-electron chi connectivity index (χ3n) is 10.1. The highest BCUT2D eigenvalue weighted by molar-refractivity contribution is 5.91. The number of hydrogen-bond acceptors (Lipinski definition) is 4. The van der Waals surface area contributed by atoms with Gasteiger partial charge >= 0.3 is 0 Å². The molecule has 1 saturated heterocycles. The van der Waals surface area contributed by atoms with E-state index in [4.69, 9.17) is 0 Å². The van der Waals surface area contributed by atoms with Crippen LogP contribution in [0.5, 0.6) is 0 Å². The number of Topliss-reactive ketones (excluding diaryl/α,β-unsaturated/α-hetero) is 2. The first-order valence-corrected chi connectivity index (χ1v) is 11.9. The summed E-state index contributed by atoms with van der Waals surface area (Å²) in [5.74, 6) is 2.05. The Labute approximate surface area is 174 Å². The molecule has 1 heterocycles. The maximum Gasteiger partial charge on any atom is 0.142 e. The number of hydrogen-bond donors (Lipinski definition) is 2. The summed E-state index contributed by atoms with van der Waals surface area (Å²) in [5.41, 5.74) is 1.34. The van der Waals surface area contributed by atoms with E-state index in [2.05, 4.69) is 25.2 Å². The normalized spacial score (nSPS) is 48.8. The SMILES string of the molecule is C[C@]12CC/C(=C\CC3CNC3)CC1C(CO)C(=O)C1C2CC[C@]2(C)C(=O)CCC12. The second-order valence-corrected chi connectivity index (χ2v) is 11.3. The molecule has 4 aliphatic carbocycles. The van der Waals surface area contributed by atoms with Gasteiger partial charge in [-0.1, -0.05) is 25.5 Å². The molecule has 0 amide bonds. The minimum atomic E-state index is -0.295. The van der Waals surface area contributed by atoms with Crippen molar-refractivity contribution in [2.45, 2.75) is 65.2 Å². The molecule has 0 spiro atoms. The molecule has 2 N–H and O–H groups in total. The molecule has 29 heavy (non-hydrogen) atoms. The molecule has 0 aromatic carbocycles. The van der Waals surface area contributed by atoms with Crippen LogP contribution in [0.1, 0.15) is 65.2 Å². The average Bonchev–Trinajstić information content (AvgIpc) is 2.97. The average molecular weight is 400 g/mol. The molecule has 5 fully saturated rings. The smallest absolute Gasteiger partial charge is 0.142 e. The summed E-state index contributed by atoms with van der Waals surface area (Å²) in [7, 11) is 0. The molecule has 0 radical (unpaired) electrons. The number of aliphatic hydroxyl groups excluding tert-OH is 1. The number of carbonyl (C=O) groups excluding carboxylic acids is 2. The zero-order valence-corrected chi connectivity index (χ0v) is 18.1. The second-order valence-electron chi connectivity index (χ2n) is 11.3. The summed E-state index contributed by atoms with van der Waals surface area (Å²) in [5, 5.41) is 13.6. The van der Waals surface area contributed by atoms with Crippen molar-refractivity contribution < 1.29 is 14.7 Å². The van der Waals surface area contributed by atoms with Gasteiger partial charge in [0, 0.05) is 23.7 Å². The van der Waals surface area contributed by atoms with Crippen LogP contribution in [0.25, 0.3) is 0 Å². The highest BCUT2D eigenvalue weighted by atomic mass is 16.3. The van der Waals surface area contributed by atoms with Crippen LogP contribution in [0.2, 0.25) is 0 Å². The summed E-state index contributed by atoms with van der Waals surface area (Å²) in [6.45, 7) is 6.77. The molecular weight excluding hydrogens is 362 g/mol. The van der Waals surface area contributed by atoms with Crippen LogP contribution in [0.4, 0.5) is 0 Å². The van der Waals surface area contributed by atoms with Crippen LogP contribution >= 0.6 is 0 Å². The molecule has 4 saturated carbocycles. The van der Waals surface area contributed by atoms with Gasteiger partial charge in [0.05, 0.1) is 6.61 Å². The highest BCUT2D eigenvalue weighted by Gasteiger charge is 2.64. The molecule has 0 aromatic rings. The first-order valence-electron chi connectivity index (χ1n) is 11.9. The molecular formula is C25H37NO3. The Morgan fingerprint density at radius 3 is 2.55 bits per heavy atom. The molecule has 5 aliphatic rings. The van der Waals surface area contributed by atoms with Crippen LogP contribution in [-0.4, -0.2) is 36.4 Å². The molecule has 0 bridgehead atoms. The number of nitrogens with one attached hydrogen (secondary N) is 1. The maximum atomic E-state index is 13.7. The van der Waals surface area contributed by atoms with Crippen LogP contribution in [0.15, 0.2) is 11.6 Å². The van der Waals surface area contributed by atoms with Crippen LogP contribution in [0.3, 0.4) is 0 Å². The summed E-state index contributed by atoms with van der Waals surface area (Å²) >= 11 is 0. The van der Waals surface area contributed by atoms with E-state index >= 15 is 0 Å². The Kier molecular flexibility index (Phi) is 4.82. The summed E-state index contributed by atoms with van der Waals surface area (Å²) in [6.07, 6.45) is 10.3. The van der Waals surface area contributed by atoms with Gasteiger partial charge in [0.15, 0.2) is 0 Å². The lowest BCUT2D eigenvalue weighted by Crippen LogP contribution is -2.60. The van der Waals surface area contributed by atoms with Crippen molar-refractivity contribution in [1.82, 2.24) is 5.32 Å². The predicted octanol–water partition coefficient (Wildman–Crippen LogP) is 3.53. The zero-order chi connectivity index (χ0) is 20.4. The molecule has 4 nitrogen and oxygen atoms in total. The van der Waals surface area contributed by atoms with E-state index in [-0.39, 0.29) is 46.9 Å². The highest BCUT2D eigenvalue weighted by Crippen LogP contribution is 2.66. The van der Waals surface area contributed by atoms with Crippen LogP contribution < -0.4 is 5.32 Å². The number of aliphatic hydroxyl groups is 1. The fourth-order valence-corrected chi connectivity index (χ4v) is 8.04. The van der Waals surface area contributed by atoms with Gasteiger partial charge < -0.3 is 10.4 Å². The van der Waals surface area contributed by atoms with Gasteiger partial charge in [-0.25, -0.2) is 0 Å². The van der Waals surface area contributed by atoms with Crippen molar-refractivity contribution in [2.24, 2.45) is 46.3 Å². The minimum Gasteiger partial charge on any atom is -0.396 e. The third-order valence-corrected chi connectivity index (χ3v) is 10.1. The lowest BCUT2D eigenvalue weighted by atomic mass is 9.42. The van der Waals surface area contributed by atoms with Gasteiger partial charge in [0.1, 0.15) is 11.6 Å². The van der Waals surface area contributed by atoms with E-state index < -0.39 is 0 Å². The van der Waals surface area contributed by atoms with E-state index in [1.54, 1.807) is 0 Å². The van der Waals surface area contributed by atoms with Crippen molar-refractivity contribution in [1.29, 1.82) is 0 Å². The maximum absolute atomic E-state index is 13.7. The number of rotatable bonds is 3. The Balaban J connectivity index is 1.44. The lowest BCUT2D eigenvalue weighted by molar-refractivity contribution is -0.167. The predicted molar refractivity (Wildman–Crippen MR) is 112 cm³/mol. The van der Waals surface area contributed by atoms with Crippen molar-refractivity contribution in [3.8, 4) is 0 Å². The summed E-state index contributed by atoms with van der Waals surface area (Å²) in [6, 6.07) is 0. The third kappa shape index (κ3) is 2.85. The molecule has 5 rings (SSSR count). The minimum absolute atomic E-state index is 0.00909. The van der Waals surface area contributed by atoms with E-state index in [0.717, 1.165) is 64.0 Å². The largest absolute Gasteiger partial charge is 0.396 e. The first kappa shape index (κ1) is 19.9. The van der Waals surface area contributed by atoms with Gasteiger partial charge in [-0.2, -0.15) is 0 Å². The van der Waals surface area contributed by atoms with E-state index in [9.17, 15) is 14.7 Å². The molecule has 5 unspecified atom stereocenters. The monoisotopic (exact) mass is 399 g/mol. The molecule has 160 valence electrons. The number of carbonyl (C=O) groups is 2. The zero-order valence-electron chi connectivity index (χ0n) is 18.1. The number of allylic oxidation sites excluding steroid dienone is 2. The van der Waals surface area contributed by atoms with Crippen molar-refractivity contribution in [3.63, 3.8) is 0 Å². The van der Waals surface area contributed by atoms with E-state index in [0.29, 0.717) is 18.1 Å². The van der Waals surface area contributed by atoms with Crippen molar-refractivity contribution in [2.75, 3.05) is 19.7 Å². The lowest BCUT2D eigenvalue weighted by Gasteiger charge is -2.60. The quantitative estimate of drug-likeness (QED) is 0.713.